The van der Waals surface area contributed by atoms with E-state index in [1.807, 2.05) is 0 Å². The summed E-state index contributed by atoms with van der Waals surface area (Å²) in [5, 5.41) is 0. The van der Waals surface area contributed by atoms with Crippen LogP contribution in [0.5, 0.6) is 0 Å². The van der Waals surface area contributed by atoms with Gasteiger partial charge in [0.1, 0.15) is 0 Å². The standard InChI is InChI=1S/C55H100O2Si/c1-7-11-13-42(9-3)38-56-48-21-29-52(30-22-48)58(50-25-15-40(5)16-26-50,53-31-23-49(24-32-53)57-39-43(10-4)14-12-8-2)51-27-18-44(19-28-51)45-20-34-55-47(36-45)37-46-35-41(6)17-33-54(46)55/h40-55H,7-39H2,1-6H3. The highest BCUT2D eigenvalue weighted by Gasteiger charge is 2.58. The first-order valence-corrected chi connectivity index (χ1v) is 29.9. The molecule has 7 saturated carbocycles. The molecule has 336 valence electrons. The van der Waals surface area contributed by atoms with Crippen molar-refractivity contribution in [1.82, 2.24) is 0 Å². The maximum Gasteiger partial charge on any atom is 0.0660 e. The van der Waals surface area contributed by atoms with E-state index in [2.05, 4.69) is 41.5 Å². The smallest absolute Gasteiger partial charge is 0.0660 e. The van der Waals surface area contributed by atoms with Crippen molar-refractivity contribution >= 4 is 8.07 Å². The highest BCUT2D eigenvalue weighted by atomic mass is 28.3. The van der Waals surface area contributed by atoms with Gasteiger partial charge in [-0.15, -0.1) is 0 Å². The number of hydrogen-bond donors (Lipinski definition) is 0. The van der Waals surface area contributed by atoms with Crippen LogP contribution in [0.4, 0.5) is 0 Å². The van der Waals surface area contributed by atoms with Crippen molar-refractivity contribution < 1.29 is 9.47 Å². The van der Waals surface area contributed by atoms with E-state index >= 15 is 0 Å². The van der Waals surface area contributed by atoms with Gasteiger partial charge in [-0.05, 0) is 158 Å². The molecule has 0 saturated heterocycles. The lowest BCUT2D eigenvalue weighted by Gasteiger charge is -2.59. The summed E-state index contributed by atoms with van der Waals surface area (Å²) < 4.78 is 13.8. The Morgan fingerprint density at radius 1 is 0.414 bits per heavy atom. The fraction of sp³-hybridized carbons (Fsp3) is 1.00. The summed E-state index contributed by atoms with van der Waals surface area (Å²) in [7, 11) is -1.66. The van der Waals surface area contributed by atoms with Gasteiger partial charge >= 0.3 is 0 Å². The van der Waals surface area contributed by atoms with Crippen LogP contribution in [0.15, 0.2) is 0 Å². The molecule has 58 heavy (non-hydrogen) atoms. The van der Waals surface area contributed by atoms with Crippen LogP contribution in [0.1, 0.15) is 241 Å². The Hall–Kier alpha value is 0.137. The van der Waals surface area contributed by atoms with Gasteiger partial charge in [-0.2, -0.15) is 0 Å². The molecule has 0 heterocycles. The summed E-state index contributed by atoms with van der Waals surface area (Å²) in [5.41, 5.74) is 4.34. The molecule has 8 unspecified atom stereocenters. The molecule has 0 radical (unpaired) electrons. The second kappa shape index (κ2) is 22.7. The highest BCUT2D eigenvalue weighted by Crippen LogP contribution is 2.66. The Kier molecular flexibility index (Phi) is 18.0. The summed E-state index contributed by atoms with van der Waals surface area (Å²) in [6.45, 7) is 16.7. The van der Waals surface area contributed by atoms with E-state index in [1.54, 1.807) is 77.0 Å². The van der Waals surface area contributed by atoms with Gasteiger partial charge in [0.25, 0.3) is 0 Å². The third kappa shape index (κ3) is 11.1. The predicted molar refractivity (Wildman–Crippen MR) is 252 cm³/mol. The molecule has 7 aliphatic carbocycles. The molecule has 3 heteroatoms. The van der Waals surface area contributed by atoms with Gasteiger partial charge in [0, 0.05) is 13.2 Å². The zero-order chi connectivity index (χ0) is 40.5. The van der Waals surface area contributed by atoms with Crippen LogP contribution in [0.25, 0.3) is 0 Å². The van der Waals surface area contributed by atoms with E-state index in [1.165, 1.54) is 122 Å². The van der Waals surface area contributed by atoms with E-state index < -0.39 is 8.07 Å². The fourth-order valence-electron chi connectivity index (χ4n) is 17.0. The molecule has 0 N–H and O–H groups in total. The Morgan fingerprint density at radius 2 is 0.810 bits per heavy atom. The van der Waals surface area contributed by atoms with Crippen LogP contribution >= 0.6 is 0 Å². The second-order valence-corrected chi connectivity index (χ2v) is 28.9. The van der Waals surface area contributed by atoms with Gasteiger partial charge in [0.15, 0.2) is 0 Å². The Labute approximate surface area is 363 Å². The average molecular weight is 821 g/mol. The molecule has 0 aromatic heterocycles. The molecule has 7 aliphatic rings. The molecular formula is C55H100O2Si. The summed E-state index contributed by atoms with van der Waals surface area (Å²) in [6.07, 6.45) is 47.3. The molecule has 2 nitrogen and oxygen atoms in total. The zero-order valence-electron chi connectivity index (χ0n) is 39.9. The molecule has 0 amide bonds. The Morgan fingerprint density at radius 3 is 1.29 bits per heavy atom. The van der Waals surface area contributed by atoms with Gasteiger partial charge in [0.05, 0.1) is 20.3 Å². The minimum Gasteiger partial charge on any atom is -0.378 e. The quantitative estimate of drug-likeness (QED) is 0.121. The molecule has 0 bridgehead atoms. The maximum absolute atomic E-state index is 6.88. The van der Waals surface area contributed by atoms with Crippen molar-refractivity contribution in [3.8, 4) is 0 Å². The molecule has 0 aromatic rings. The summed E-state index contributed by atoms with van der Waals surface area (Å²) in [6, 6.07) is 0. The molecular weight excluding hydrogens is 721 g/mol. The fourth-order valence-corrected chi connectivity index (χ4v) is 26.3. The van der Waals surface area contributed by atoms with Crippen LogP contribution < -0.4 is 0 Å². The van der Waals surface area contributed by atoms with Crippen molar-refractivity contribution in [2.24, 2.45) is 59.2 Å². The summed E-state index contributed by atoms with van der Waals surface area (Å²) >= 11 is 0. The van der Waals surface area contributed by atoms with E-state index in [0.717, 1.165) is 94.6 Å². The monoisotopic (exact) mass is 821 g/mol. The number of ether oxygens (including phenoxy) is 2. The zero-order valence-corrected chi connectivity index (χ0v) is 40.9. The average Bonchev–Trinajstić information content (AvgIpc) is 3.62. The van der Waals surface area contributed by atoms with Crippen LogP contribution in [0.2, 0.25) is 22.2 Å². The number of rotatable bonds is 19. The van der Waals surface area contributed by atoms with Crippen molar-refractivity contribution in [2.45, 2.75) is 275 Å². The van der Waals surface area contributed by atoms with E-state index in [9.17, 15) is 0 Å². The first-order valence-electron chi connectivity index (χ1n) is 27.6. The summed E-state index contributed by atoms with van der Waals surface area (Å²) in [5.74, 6) is 10.1. The van der Waals surface area contributed by atoms with Gasteiger partial charge < -0.3 is 9.47 Å². The van der Waals surface area contributed by atoms with E-state index in [0.29, 0.717) is 12.2 Å². The molecule has 8 atom stereocenters. The lowest BCUT2D eigenvalue weighted by atomic mass is 9.65. The second-order valence-electron chi connectivity index (χ2n) is 23.6. The normalized spacial score (nSPS) is 41.9. The first-order chi connectivity index (χ1) is 28.4. The largest absolute Gasteiger partial charge is 0.378 e. The Bertz CT molecular complexity index is 1100. The molecule has 7 rings (SSSR count). The number of unbranched alkanes of at least 4 members (excludes halogenated alkanes) is 2. The van der Waals surface area contributed by atoms with Crippen molar-refractivity contribution in [2.75, 3.05) is 13.2 Å². The maximum atomic E-state index is 6.88. The third-order valence-corrected chi connectivity index (χ3v) is 28.4. The van der Waals surface area contributed by atoms with E-state index in [4.69, 9.17) is 9.47 Å². The lowest BCUT2D eigenvalue weighted by molar-refractivity contribution is 0.00215. The lowest BCUT2D eigenvalue weighted by Crippen LogP contribution is -2.56. The van der Waals surface area contributed by atoms with Crippen molar-refractivity contribution in [1.29, 1.82) is 0 Å². The predicted octanol–water partition coefficient (Wildman–Crippen LogP) is 17.2. The van der Waals surface area contributed by atoms with Gasteiger partial charge in [0.2, 0.25) is 0 Å². The first kappa shape index (κ1) is 46.1. The molecule has 0 aliphatic heterocycles. The minimum atomic E-state index is -1.66. The SMILES string of the molecule is CCCCC(CC)COC1CCC([Si](C2CCC(C)CC2)(C2CCC(OCC(CC)CCCC)CC2)C2CCC(C3CCC4C(C3)CC3CC(C)CCC34)CC2)CC1. The van der Waals surface area contributed by atoms with Gasteiger partial charge in [-0.3, -0.25) is 0 Å². The number of hydrogen-bond acceptors (Lipinski definition) is 2. The third-order valence-electron chi connectivity index (χ3n) is 20.4. The molecule has 0 aromatic carbocycles. The Balaban J connectivity index is 1.05. The topological polar surface area (TPSA) is 18.5 Å². The van der Waals surface area contributed by atoms with Gasteiger partial charge in [-0.1, -0.05) is 164 Å². The highest BCUT2D eigenvalue weighted by molar-refractivity contribution is 6.85. The summed E-state index contributed by atoms with van der Waals surface area (Å²) in [4.78, 5) is 0. The number of fused-ring (bicyclic) bond motifs is 3. The van der Waals surface area contributed by atoms with Crippen molar-refractivity contribution in [3.63, 3.8) is 0 Å². The van der Waals surface area contributed by atoms with Crippen LogP contribution in [0, 0.1) is 59.2 Å². The van der Waals surface area contributed by atoms with Crippen LogP contribution in [0.3, 0.4) is 0 Å². The van der Waals surface area contributed by atoms with Crippen LogP contribution in [-0.2, 0) is 9.47 Å². The molecule has 7 fully saturated rings. The van der Waals surface area contributed by atoms with E-state index in [-0.39, 0.29) is 0 Å². The minimum absolute atomic E-state index is 0.543. The van der Waals surface area contributed by atoms with Gasteiger partial charge in [-0.25, -0.2) is 0 Å². The van der Waals surface area contributed by atoms with Crippen LogP contribution in [-0.4, -0.2) is 33.5 Å². The van der Waals surface area contributed by atoms with Crippen molar-refractivity contribution in [3.05, 3.63) is 0 Å². The molecule has 0 spiro atoms.